The largest absolute Gasteiger partial charge is 0.448 e. The summed E-state index contributed by atoms with van der Waals surface area (Å²) in [5, 5.41) is 2.66. The molecule has 0 unspecified atom stereocenters. The van der Waals surface area contributed by atoms with E-state index in [1.54, 1.807) is 0 Å². The van der Waals surface area contributed by atoms with Gasteiger partial charge < -0.3 is 15.8 Å². The van der Waals surface area contributed by atoms with E-state index < -0.39 is 0 Å². The van der Waals surface area contributed by atoms with Gasteiger partial charge >= 0.3 is 6.09 Å². The van der Waals surface area contributed by atoms with Gasteiger partial charge in [-0.15, -0.1) is 0 Å². The first-order valence-electron chi connectivity index (χ1n) is 5.36. The van der Waals surface area contributed by atoms with Crippen LogP contribution in [0.25, 0.3) is 0 Å². The SMILES string of the molecule is CCCNC(=O)OCC1(N)CCCC1. The van der Waals surface area contributed by atoms with E-state index in [1.807, 2.05) is 6.92 Å². The van der Waals surface area contributed by atoms with E-state index in [1.165, 1.54) is 0 Å². The third kappa shape index (κ3) is 3.54. The number of hydrogen-bond acceptors (Lipinski definition) is 3. The molecule has 1 rings (SSSR count). The lowest BCUT2D eigenvalue weighted by molar-refractivity contribution is 0.117. The van der Waals surface area contributed by atoms with Crippen LogP contribution in [0.2, 0.25) is 0 Å². The predicted molar refractivity (Wildman–Crippen MR) is 55.0 cm³/mol. The van der Waals surface area contributed by atoms with Gasteiger partial charge in [-0.25, -0.2) is 4.79 Å². The zero-order chi connectivity index (χ0) is 10.4. The molecule has 4 heteroatoms. The van der Waals surface area contributed by atoms with Crippen molar-refractivity contribution >= 4 is 6.09 Å². The van der Waals surface area contributed by atoms with E-state index in [2.05, 4.69) is 5.32 Å². The fraction of sp³-hybridized carbons (Fsp3) is 0.900. The third-order valence-corrected chi connectivity index (χ3v) is 2.61. The normalized spacial score (nSPS) is 19.3. The van der Waals surface area contributed by atoms with Gasteiger partial charge in [0.05, 0.1) is 5.54 Å². The Morgan fingerprint density at radius 1 is 1.50 bits per heavy atom. The first kappa shape index (κ1) is 11.3. The molecule has 0 bridgehead atoms. The van der Waals surface area contributed by atoms with Crippen LogP contribution in [0.3, 0.4) is 0 Å². The molecule has 1 fully saturated rings. The number of carbonyl (C=O) groups excluding carboxylic acids is 1. The zero-order valence-electron chi connectivity index (χ0n) is 8.84. The maximum atomic E-state index is 11.1. The fourth-order valence-electron chi connectivity index (χ4n) is 1.71. The number of nitrogens with one attached hydrogen (secondary N) is 1. The molecule has 0 radical (unpaired) electrons. The standard InChI is InChI=1S/C10H20N2O2/c1-2-7-12-9(13)14-8-10(11)5-3-4-6-10/h2-8,11H2,1H3,(H,12,13). The number of rotatable bonds is 4. The molecular formula is C10H20N2O2. The van der Waals surface area contributed by atoms with E-state index >= 15 is 0 Å². The van der Waals surface area contributed by atoms with Crippen molar-refractivity contribution in [2.75, 3.05) is 13.2 Å². The van der Waals surface area contributed by atoms with Gasteiger partial charge in [0.1, 0.15) is 6.61 Å². The molecule has 0 saturated heterocycles. The summed E-state index contributed by atoms with van der Waals surface area (Å²) in [6, 6.07) is 0. The second kappa shape index (κ2) is 5.20. The van der Waals surface area contributed by atoms with Crippen LogP contribution >= 0.6 is 0 Å². The maximum absolute atomic E-state index is 11.1. The minimum atomic E-state index is -0.344. The summed E-state index contributed by atoms with van der Waals surface area (Å²) in [5.74, 6) is 0. The number of hydrogen-bond donors (Lipinski definition) is 2. The molecule has 0 spiro atoms. The lowest BCUT2D eigenvalue weighted by Gasteiger charge is -2.22. The lowest BCUT2D eigenvalue weighted by atomic mass is 10.0. The van der Waals surface area contributed by atoms with Gasteiger partial charge in [0.25, 0.3) is 0 Å². The Morgan fingerprint density at radius 3 is 2.71 bits per heavy atom. The minimum absolute atomic E-state index is 0.260. The quantitative estimate of drug-likeness (QED) is 0.721. The average Bonchev–Trinajstić information content (AvgIpc) is 2.60. The molecule has 1 saturated carbocycles. The van der Waals surface area contributed by atoms with Crippen LogP contribution in [-0.2, 0) is 4.74 Å². The number of amides is 1. The van der Waals surface area contributed by atoms with E-state index in [0.717, 1.165) is 32.1 Å². The predicted octanol–water partition coefficient (Wildman–Crippen LogP) is 1.39. The summed E-state index contributed by atoms with van der Waals surface area (Å²) >= 11 is 0. The molecule has 1 amide bonds. The van der Waals surface area contributed by atoms with Gasteiger partial charge in [-0.3, -0.25) is 0 Å². The Bertz CT molecular complexity index is 189. The molecule has 0 aromatic rings. The van der Waals surface area contributed by atoms with Crippen LogP contribution in [0, 0.1) is 0 Å². The van der Waals surface area contributed by atoms with Crippen LogP contribution in [0.1, 0.15) is 39.0 Å². The molecule has 1 aliphatic carbocycles. The lowest BCUT2D eigenvalue weighted by Crippen LogP contribution is -2.43. The van der Waals surface area contributed by atoms with Crippen molar-refractivity contribution in [3.63, 3.8) is 0 Å². The van der Waals surface area contributed by atoms with E-state index in [4.69, 9.17) is 10.5 Å². The van der Waals surface area contributed by atoms with Crippen LogP contribution < -0.4 is 11.1 Å². The van der Waals surface area contributed by atoms with Crippen molar-refractivity contribution in [3.05, 3.63) is 0 Å². The first-order valence-corrected chi connectivity index (χ1v) is 5.36. The molecule has 4 nitrogen and oxygen atoms in total. The van der Waals surface area contributed by atoms with Crippen LogP contribution in [0.4, 0.5) is 4.79 Å². The van der Waals surface area contributed by atoms with E-state index in [9.17, 15) is 4.79 Å². The zero-order valence-corrected chi connectivity index (χ0v) is 8.84. The van der Waals surface area contributed by atoms with Crippen molar-refractivity contribution in [2.24, 2.45) is 5.73 Å². The highest BCUT2D eigenvalue weighted by atomic mass is 16.5. The van der Waals surface area contributed by atoms with Crippen LogP contribution in [0.15, 0.2) is 0 Å². The number of carbonyl (C=O) groups is 1. The van der Waals surface area contributed by atoms with E-state index in [0.29, 0.717) is 13.2 Å². The van der Waals surface area contributed by atoms with E-state index in [-0.39, 0.29) is 11.6 Å². The second-order valence-corrected chi connectivity index (χ2v) is 4.07. The van der Waals surface area contributed by atoms with Gasteiger partial charge in [-0.2, -0.15) is 0 Å². The monoisotopic (exact) mass is 200 g/mol. The molecule has 1 aliphatic rings. The van der Waals surface area contributed by atoms with Crippen molar-refractivity contribution in [3.8, 4) is 0 Å². The Labute approximate surface area is 85.2 Å². The van der Waals surface area contributed by atoms with Crippen molar-refractivity contribution < 1.29 is 9.53 Å². The number of alkyl carbamates (subject to hydrolysis) is 1. The van der Waals surface area contributed by atoms with Gasteiger partial charge in [-0.1, -0.05) is 19.8 Å². The summed E-state index contributed by atoms with van der Waals surface area (Å²) in [4.78, 5) is 11.1. The average molecular weight is 200 g/mol. The number of nitrogens with two attached hydrogens (primary N) is 1. The summed E-state index contributed by atoms with van der Waals surface area (Å²) in [5.41, 5.74) is 5.77. The topological polar surface area (TPSA) is 64.3 Å². The van der Waals surface area contributed by atoms with Gasteiger partial charge in [0.2, 0.25) is 0 Å². The van der Waals surface area contributed by atoms with Gasteiger partial charge in [-0.05, 0) is 19.3 Å². The molecule has 0 heterocycles. The Morgan fingerprint density at radius 2 is 2.14 bits per heavy atom. The summed E-state index contributed by atoms with van der Waals surface area (Å²) in [7, 11) is 0. The first-order chi connectivity index (χ1) is 6.66. The minimum Gasteiger partial charge on any atom is -0.448 e. The third-order valence-electron chi connectivity index (χ3n) is 2.61. The molecule has 82 valence electrons. The van der Waals surface area contributed by atoms with Crippen LogP contribution in [-0.4, -0.2) is 24.8 Å². The maximum Gasteiger partial charge on any atom is 0.407 e. The highest BCUT2D eigenvalue weighted by Gasteiger charge is 2.30. The fourth-order valence-corrected chi connectivity index (χ4v) is 1.71. The Hall–Kier alpha value is -0.770. The highest BCUT2D eigenvalue weighted by molar-refractivity contribution is 5.67. The smallest absolute Gasteiger partial charge is 0.407 e. The molecular weight excluding hydrogens is 180 g/mol. The summed E-state index contributed by atoms with van der Waals surface area (Å²) in [6.07, 6.45) is 4.81. The highest BCUT2D eigenvalue weighted by Crippen LogP contribution is 2.27. The van der Waals surface area contributed by atoms with Crippen molar-refractivity contribution in [2.45, 2.75) is 44.6 Å². The molecule has 0 aliphatic heterocycles. The molecule has 0 atom stereocenters. The molecule has 14 heavy (non-hydrogen) atoms. The summed E-state index contributed by atoms with van der Waals surface area (Å²) in [6.45, 7) is 3.01. The van der Waals surface area contributed by atoms with Crippen molar-refractivity contribution in [1.82, 2.24) is 5.32 Å². The Kier molecular flexibility index (Phi) is 4.20. The molecule has 0 aromatic carbocycles. The molecule has 3 N–H and O–H groups in total. The van der Waals surface area contributed by atoms with Crippen LogP contribution in [0.5, 0.6) is 0 Å². The number of ether oxygens (including phenoxy) is 1. The summed E-state index contributed by atoms with van der Waals surface area (Å²) < 4.78 is 5.06. The molecule has 0 aromatic heterocycles. The van der Waals surface area contributed by atoms with Gasteiger partial charge in [0.15, 0.2) is 0 Å². The Balaban J connectivity index is 2.15. The second-order valence-electron chi connectivity index (χ2n) is 4.07. The van der Waals surface area contributed by atoms with Crippen molar-refractivity contribution in [1.29, 1.82) is 0 Å². The van der Waals surface area contributed by atoms with Gasteiger partial charge in [0, 0.05) is 6.54 Å².